The van der Waals surface area contributed by atoms with Gasteiger partial charge in [-0.25, -0.2) is 9.18 Å². The van der Waals surface area contributed by atoms with Gasteiger partial charge in [-0.1, -0.05) is 12.1 Å². The van der Waals surface area contributed by atoms with Gasteiger partial charge in [-0.05, 0) is 30.3 Å². The predicted octanol–water partition coefficient (Wildman–Crippen LogP) is 2.39. The predicted molar refractivity (Wildman–Crippen MR) is 76.1 cm³/mol. The molecular weight excluding hydrogens is 289 g/mol. The molecule has 6 nitrogen and oxygen atoms in total. The van der Waals surface area contributed by atoms with Crippen LogP contribution in [0.4, 0.5) is 9.18 Å². The van der Waals surface area contributed by atoms with Crippen LogP contribution < -0.4 is 10.5 Å². The van der Waals surface area contributed by atoms with Crippen LogP contribution in [0.5, 0.6) is 6.01 Å². The lowest BCUT2D eigenvalue weighted by Crippen LogP contribution is -2.16. The molecule has 0 spiro atoms. The number of rotatable bonds is 3. The highest BCUT2D eigenvalue weighted by Gasteiger charge is 2.15. The van der Waals surface area contributed by atoms with Crippen LogP contribution >= 0.6 is 0 Å². The monoisotopic (exact) mass is 299 g/mol. The zero-order valence-corrected chi connectivity index (χ0v) is 11.2. The van der Waals surface area contributed by atoms with E-state index in [1.54, 1.807) is 12.1 Å². The summed E-state index contributed by atoms with van der Waals surface area (Å²) in [5, 5.41) is 0. The third kappa shape index (κ3) is 2.51. The number of aromatic nitrogens is 2. The van der Waals surface area contributed by atoms with Crippen molar-refractivity contribution in [2.24, 2.45) is 5.73 Å². The van der Waals surface area contributed by atoms with Gasteiger partial charge in [-0.15, -0.1) is 0 Å². The van der Waals surface area contributed by atoms with Gasteiger partial charge in [0.15, 0.2) is 5.78 Å². The van der Waals surface area contributed by atoms with Gasteiger partial charge in [0.1, 0.15) is 5.82 Å². The van der Waals surface area contributed by atoms with Crippen LogP contribution in [0.25, 0.3) is 11.0 Å². The van der Waals surface area contributed by atoms with Crippen molar-refractivity contribution in [2.75, 3.05) is 0 Å². The standard InChI is InChI=1S/C15H10FN3O3/c16-10-4-2-1-3-9(10)13(20)8-5-6-11-12(7-8)19-15(18-11)22-14(17)21/h1-7H,(H2,17,21)(H,18,19). The van der Waals surface area contributed by atoms with Crippen molar-refractivity contribution in [1.82, 2.24) is 9.97 Å². The van der Waals surface area contributed by atoms with E-state index in [0.717, 1.165) is 0 Å². The zero-order valence-electron chi connectivity index (χ0n) is 11.2. The van der Waals surface area contributed by atoms with Crippen LogP contribution in [0.3, 0.4) is 0 Å². The van der Waals surface area contributed by atoms with E-state index in [-0.39, 0.29) is 17.1 Å². The van der Waals surface area contributed by atoms with E-state index in [2.05, 4.69) is 14.7 Å². The number of ketones is 1. The normalized spacial score (nSPS) is 10.6. The molecule has 0 saturated heterocycles. The van der Waals surface area contributed by atoms with Gasteiger partial charge in [-0.3, -0.25) is 4.79 Å². The lowest BCUT2D eigenvalue weighted by Gasteiger charge is -2.02. The number of fused-ring (bicyclic) bond motifs is 1. The van der Waals surface area contributed by atoms with Gasteiger partial charge in [-0.2, -0.15) is 4.98 Å². The van der Waals surface area contributed by atoms with Gasteiger partial charge in [0.05, 0.1) is 16.6 Å². The number of nitrogens with two attached hydrogens (primary N) is 1. The first-order valence-electron chi connectivity index (χ1n) is 6.31. The molecule has 110 valence electrons. The summed E-state index contributed by atoms with van der Waals surface area (Å²) in [6.07, 6.45) is -0.998. The SMILES string of the molecule is NC(=O)Oc1nc2ccc(C(=O)c3ccccc3F)cc2[nH]1. The Hall–Kier alpha value is -3.22. The van der Waals surface area contributed by atoms with Crippen molar-refractivity contribution >= 4 is 22.9 Å². The minimum absolute atomic E-state index is 0.0185. The maximum Gasteiger partial charge on any atom is 0.412 e. The summed E-state index contributed by atoms with van der Waals surface area (Å²) in [7, 11) is 0. The molecule has 2 aromatic carbocycles. The Morgan fingerprint density at radius 2 is 1.95 bits per heavy atom. The number of amides is 1. The van der Waals surface area contributed by atoms with E-state index in [4.69, 9.17) is 5.73 Å². The smallest absolute Gasteiger partial charge is 0.376 e. The van der Waals surface area contributed by atoms with Gasteiger partial charge < -0.3 is 15.5 Å². The third-order valence-corrected chi connectivity index (χ3v) is 3.04. The highest BCUT2D eigenvalue weighted by Crippen LogP contribution is 2.20. The van der Waals surface area contributed by atoms with Crippen molar-refractivity contribution in [2.45, 2.75) is 0 Å². The molecule has 0 atom stereocenters. The molecule has 0 bridgehead atoms. The van der Waals surface area contributed by atoms with E-state index >= 15 is 0 Å². The molecule has 3 rings (SSSR count). The molecule has 1 heterocycles. The highest BCUT2D eigenvalue weighted by atomic mass is 19.1. The van der Waals surface area contributed by atoms with E-state index < -0.39 is 17.7 Å². The van der Waals surface area contributed by atoms with Crippen LogP contribution in [0.15, 0.2) is 42.5 Å². The average Bonchev–Trinajstić information content (AvgIpc) is 2.87. The largest absolute Gasteiger partial charge is 0.412 e. The molecule has 0 fully saturated rings. The summed E-state index contributed by atoms with van der Waals surface area (Å²) >= 11 is 0. The number of carbonyl (C=O) groups excluding carboxylic acids is 2. The van der Waals surface area contributed by atoms with E-state index in [9.17, 15) is 14.0 Å². The molecule has 0 saturated carbocycles. The van der Waals surface area contributed by atoms with E-state index in [1.807, 2.05) is 0 Å². The Morgan fingerprint density at radius 3 is 2.68 bits per heavy atom. The number of hydrogen-bond donors (Lipinski definition) is 2. The molecule has 0 unspecified atom stereocenters. The number of ether oxygens (including phenoxy) is 1. The first-order valence-corrected chi connectivity index (χ1v) is 6.31. The van der Waals surface area contributed by atoms with Crippen LogP contribution in [0, 0.1) is 5.82 Å². The average molecular weight is 299 g/mol. The molecule has 1 amide bonds. The summed E-state index contributed by atoms with van der Waals surface area (Å²) in [5.41, 5.74) is 6.12. The van der Waals surface area contributed by atoms with Crippen molar-refractivity contribution in [3.63, 3.8) is 0 Å². The fourth-order valence-electron chi connectivity index (χ4n) is 2.07. The van der Waals surface area contributed by atoms with Gasteiger partial charge >= 0.3 is 12.1 Å². The lowest BCUT2D eigenvalue weighted by molar-refractivity contribution is 0.103. The molecule has 0 aliphatic heterocycles. The molecule has 0 radical (unpaired) electrons. The maximum absolute atomic E-state index is 13.7. The van der Waals surface area contributed by atoms with Crippen molar-refractivity contribution < 1.29 is 18.7 Å². The second-order valence-corrected chi connectivity index (χ2v) is 4.50. The van der Waals surface area contributed by atoms with Crippen molar-refractivity contribution in [3.05, 3.63) is 59.4 Å². The number of imidazole rings is 1. The number of H-pyrrole nitrogens is 1. The van der Waals surface area contributed by atoms with Crippen LogP contribution in [0.2, 0.25) is 0 Å². The molecule has 3 N–H and O–H groups in total. The number of halogens is 1. The Bertz CT molecular complexity index is 889. The minimum Gasteiger partial charge on any atom is -0.376 e. The Balaban J connectivity index is 1.99. The van der Waals surface area contributed by atoms with Gasteiger partial charge in [0, 0.05) is 5.56 Å². The van der Waals surface area contributed by atoms with Gasteiger partial charge in [0.2, 0.25) is 0 Å². The van der Waals surface area contributed by atoms with E-state index in [0.29, 0.717) is 11.0 Å². The van der Waals surface area contributed by atoms with Crippen molar-refractivity contribution in [1.29, 1.82) is 0 Å². The summed E-state index contributed by atoms with van der Waals surface area (Å²) in [6.45, 7) is 0. The number of aromatic amines is 1. The van der Waals surface area contributed by atoms with Crippen molar-refractivity contribution in [3.8, 4) is 6.01 Å². The number of nitrogens with one attached hydrogen (secondary N) is 1. The first kappa shape index (κ1) is 13.7. The molecule has 7 heteroatoms. The molecular formula is C15H10FN3O3. The van der Waals surface area contributed by atoms with Crippen LogP contribution in [-0.2, 0) is 0 Å². The number of hydrogen-bond acceptors (Lipinski definition) is 4. The zero-order chi connectivity index (χ0) is 15.7. The first-order chi connectivity index (χ1) is 10.5. The maximum atomic E-state index is 13.7. The Kier molecular flexibility index (Phi) is 3.30. The number of benzene rings is 2. The lowest BCUT2D eigenvalue weighted by atomic mass is 10.0. The van der Waals surface area contributed by atoms with Crippen LogP contribution in [-0.4, -0.2) is 21.8 Å². The quantitative estimate of drug-likeness (QED) is 0.725. The fraction of sp³-hybridized carbons (Fsp3) is 0. The molecule has 1 aromatic heterocycles. The highest BCUT2D eigenvalue weighted by molar-refractivity contribution is 6.10. The number of carbonyl (C=O) groups is 2. The summed E-state index contributed by atoms with van der Waals surface area (Å²) < 4.78 is 18.3. The topological polar surface area (TPSA) is 98.1 Å². The summed E-state index contributed by atoms with van der Waals surface area (Å²) in [6, 6.07) is 10.3. The Labute approximate surface area is 123 Å². The second kappa shape index (κ2) is 5.28. The minimum atomic E-state index is -0.998. The summed E-state index contributed by atoms with van der Waals surface area (Å²) in [4.78, 5) is 29.7. The van der Waals surface area contributed by atoms with E-state index in [1.165, 1.54) is 30.3 Å². The van der Waals surface area contributed by atoms with Crippen LogP contribution in [0.1, 0.15) is 15.9 Å². The second-order valence-electron chi connectivity index (χ2n) is 4.50. The fourth-order valence-corrected chi connectivity index (χ4v) is 2.07. The molecule has 3 aromatic rings. The third-order valence-electron chi connectivity index (χ3n) is 3.04. The Morgan fingerprint density at radius 1 is 1.18 bits per heavy atom. The molecule has 22 heavy (non-hydrogen) atoms. The molecule has 0 aliphatic rings. The molecule has 0 aliphatic carbocycles. The van der Waals surface area contributed by atoms with Gasteiger partial charge in [0.25, 0.3) is 0 Å². The number of nitrogens with zero attached hydrogens (tertiary/aromatic N) is 1. The summed E-state index contributed by atoms with van der Waals surface area (Å²) in [5.74, 6) is -1.04. The number of primary amides is 1.